The third-order valence-corrected chi connectivity index (χ3v) is 3.55. The van der Waals surface area contributed by atoms with Gasteiger partial charge >= 0.3 is 5.97 Å². The lowest BCUT2D eigenvalue weighted by atomic mass is 10.0. The van der Waals surface area contributed by atoms with Crippen molar-refractivity contribution in [2.45, 2.75) is 6.04 Å². The third kappa shape index (κ3) is 3.24. The van der Waals surface area contributed by atoms with Crippen LogP contribution in [0.1, 0.15) is 11.6 Å². The summed E-state index contributed by atoms with van der Waals surface area (Å²) < 4.78 is 5.17. The fourth-order valence-electron chi connectivity index (χ4n) is 2.40. The highest BCUT2D eigenvalue weighted by molar-refractivity contribution is 5.75. The number of hydrogen-bond donors (Lipinski definition) is 1. The largest absolute Gasteiger partial charge is 0.497 e. The summed E-state index contributed by atoms with van der Waals surface area (Å²) in [5.74, 6) is -0.115. The van der Waals surface area contributed by atoms with Crippen LogP contribution in [0.5, 0.6) is 5.75 Å². The Labute approximate surface area is 113 Å². The zero-order chi connectivity index (χ0) is 13.8. The first-order chi connectivity index (χ1) is 9.11. The second-order valence-corrected chi connectivity index (χ2v) is 4.86. The molecule has 1 aromatic carbocycles. The summed E-state index contributed by atoms with van der Waals surface area (Å²) in [7, 11) is 3.64. The molecule has 0 amide bonds. The predicted molar refractivity (Wildman–Crippen MR) is 72.4 cm³/mol. The molecule has 1 N–H and O–H groups in total. The van der Waals surface area contributed by atoms with Crippen LogP contribution in [0.15, 0.2) is 24.3 Å². The Morgan fingerprint density at radius 2 is 2.00 bits per heavy atom. The fourth-order valence-corrected chi connectivity index (χ4v) is 2.40. The van der Waals surface area contributed by atoms with Gasteiger partial charge in [0, 0.05) is 26.2 Å². The molecule has 0 aromatic heterocycles. The van der Waals surface area contributed by atoms with E-state index in [0.29, 0.717) is 5.75 Å². The Bertz CT molecular complexity index is 442. The Kier molecular flexibility index (Phi) is 4.39. The molecular formula is C14H20N2O3. The summed E-state index contributed by atoms with van der Waals surface area (Å²) in [4.78, 5) is 15.8. The van der Waals surface area contributed by atoms with Crippen LogP contribution in [0.3, 0.4) is 0 Å². The first-order valence-corrected chi connectivity index (χ1v) is 6.41. The molecule has 1 atom stereocenters. The topological polar surface area (TPSA) is 53.0 Å². The van der Waals surface area contributed by atoms with Crippen LogP contribution in [0.25, 0.3) is 0 Å². The minimum atomic E-state index is -0.808. The molecule has 0 spiro atoms. The number of benzene rings is 1. The van der Waals surface area contributed by atoms with Crippen LogP contribution in [0.4, 0.5) is 0 Å². The number of likely N-dealkylation sites (N-methyl/N-ethyl adjacent to an activating group) is 1. The summed E-state index contributed by atoms with van der Waals surface area (Å²) in [5, 5.41) is 9.51. The van der Waals surface area contributed by atoms with Crippen LogP contribution in [-0.4, -0.2) is 61.2 Å². The van der Waals surface area contributed by atoms with E-state index in [9.17, 15) is 9.90 Å². The molecule has 5 nitrogen and oxygen atoms in total. The van der Waals surface area contributed by atoms with Gasteiger partial charge in [-0.1, -0.05) is 12.1 Å². The van der Waals surface area contributed by atoms with Gasteiger partial charge in [0.15, 0.2) is 0 Å². The Morgan fingerprint density at radius 1 is 1.32 bits per heavy atom. The molecule has 1 fully saturated rings. The highest BCUT2D eigenvalue weighted by atomic mass is 16.5. The number of rotatable bonds is 4. The first kappa shape index (κ1) is 13.8. The van der Waals surface area contributed by atoms with E-state index in [1.165, 1.54) is 0 Å². The van der Waals surface area contributed by atoms with Crippen molar-refractivity contribution in [1.82, 2.24) is 9.80 Å². The molecule has 2 rings (SSSR count). The van der Waals surface area contributed by atoms with Gasteiger partial charge in [0.05, 0.1) is 7.11 Å². The first-order valence-electron chi connectivity index (χ1n) is 6.41. The molecule has 0 saturated carbocycles. The van der Waals surface area contributed by atoms with Gasteiger partial charge < -0.3 is 14.7 Å². The minimum Gasteiger partial charge on any atom is -0.497 e. The molecule has 1 saturated heterocycles. The maximum Gasteiger partial charge on any atom is 0.325 e. The number of carboxylic acid groups (broad SMARTS) is 1. The van der Waals surface area contributed by atoms with Crippen molar-refractivity contribution in [3.05, 3.63) is 29.8 Å². The fraction of sp³-hybridized carbons (Fsp3) is 0.500. The highest BCUT2D eigenvalue weighted by Crippen LogP contribution is 2.25. The van der Waals surface area contributed by atoms with Crippen molar-refractivity contribution < 1.29 is 14.6 Å². The molecule has 1 aliphatic rings. The van der Waals surface area contributed by atoms with Crippen LogP contribution >= 0.6 is 0 Å². The van der Waals surface area contributed by atoms with Crippen molar-refractivity contribution in [2.75, 3.05) is 40.3 Å². The van der Waals surface area contributed by atoms with Crippen molar-refractivity contribution in [1.29, 1.82) is 0 Å². The van der Waals surface area contributed by atoms with E-state index in [2.05, 4.69) is 11.9 Å². The van der Waals surface area contributed by atoms with E-state index in [1.807, 2.05) is 23.1 Å². The van der Waals surface area contributed by atoms with E-state index in [1.54, 1.807) is 13.2 Å². The van der Waals surface area contributed by atoms with Gasteiger partial charge in [-0.05, 0) is 24.7 Å². The third-order valence-electron chi connectivity index (χ3n) is 3.55. The lowest BCUT2D eigenvalue weighted by molar-refractivity contribution is -0.144. The van der Waals surface area contributed by atoms with Gasteiger partial charge in [0.1, 0.15) is 11.8 Å². The maximum absolute atomic E-state index is 11.6. The normalized spacial score (nSPS) is 19.1. The Morgan fingerprint density at radius 3 is 2.58 bits per heavy atom. The number of hydrogen-bond acceptors (Lipinski definition) is 4. The molecule has 19 heavy (non-hydrogen) atoms. The van der Waals surface area contributed by atoms with E-state index in [0.717, 1.165) is 31.7 Å². The monoisotopic (exact) mass is 264 g/mol. The summed E-state index contributed by atoms with van der Waals surface area (Å²) in [6.07, 6.45) is 0. The number of ether oxygens (including phenoxy) is 1. The number of aliphatic carboxylic acids is 1. The predicted octanol–water partition coefficient (Wildman–Crippen LogP) is 1.07. The van der Waals surface area contributed by atoms with Crippen LogP contribution in [0.2, 0.25) is 0 Å². The van der Waals surface area contributed by atoms with Crippen molar-refractivity contribution in [3.8, 4) is 5.75 Å². The number of carboxylic acids is 1. The lowest BCUT2D eigenvalue weighted by Crippen LogP contribution is -2.47. The molecule has 0 bridgehead atoms. The average molecular weight is 264 g/mol. The molecule has 1 aromatic rings. The van der Waals surface area contributed by atoms with E-state index >= 15 is 0 Å². The Balaban J connectivity index is 2.22. The van der Waals surface area contributed by atoms with E-state index in [-0.39, 0.29) is 0 Å². The summed E-state index contributed by atoms with van der Waals surface area (Å²) in [6.45, 7) is 3.33. The van der Waals surface area contributed by atoms with Crippen LogP contribution < -0.4 is 4.74 Å². The summed E-state index contributed by atoms with van der Waals surface area (Å²) >= 11 is 0. The second kappa shape index (κ2) is 6.04. The molecule has 104 valence electrons. The number of carbonyl (C=O) groups is 1. The molecule has 0 radical (unpaired) electrons. The van der Waals surface area contributed by atoms with Gasteiger partial charge in [0.25, 0.3) is 0 Å². The van der Waals surface area contributed by atoms with Gasteiger partial charge in [-0.2, -0.15) is 0 Å². The zero-order valence-corrected chi connectivity index (χ0v) is 11.4. The zero-order valence-electron chi connectivity index (χ0n) is 11.4. The van der Waals surface area contributed by atoms with Crippen molar-refractivity contribution in [2.24, 2.45) is 0 Å². The number of nitrogens with zero attached hydrogens (tertiary/aromatic N) is 2. The number of methoxy groups -OCH3 is 1. The molecule has 1 aliphatic heterocycles. The molecule has 1 heterocycles. The molecule has 1 unspecified atom stereocenters. The lowest BCUT2D eigenvalue weighted by Gasteiger charge is -2.36. The van der Waals surface area contributed by atoms with Crippen molar-refractivity contribution in [3.63, 3.8) is 0 Å². The van der Waals surface area contributed by atoms with E-state index < -0.39 is 12.0 Å². The van der Waals surface area contributed by atoms with Crippen molar-refractivity contribution >= 4 is 5.97 Å². The van der Waals surface area contributed by atoms with Gasteiger partial charge in [-0.25, -0.2) is 0 Å². The van der Waals surface area contributed by atoms with Crippen LogP contribution in [-0.2, 0) is 4.79 Å². The SMILES string of the molecule is COc1cccc(C(C(=O)O)N2CCN(C)CC2)c1. The standard InChI is InChI=1S/C14H20N2O3/c1-15-6-8-16(9-7-15)13(14(17)18)11-4-3-5-12(10-11)19-2/h3-5,10,13H,6-9H2,1-2H3,(H,17,18). The maximum atomic E-state index is 11.6. The summed E-state index contributed by atoms with van der Waals surface area (Å²) in [6, 6.07) is 6.72. The minimum absolute atomic E-state index is 0.594. The number of piperazine rings is 1. The average Bonchev–Trinajstić information content (AvgIpc) is 2.41. The molecular weight excluding hydrogens is 244 g/mol. The van der Waals surface area contributed by atoms with Gasteiger partial charge in [-0.15, -0.1) is 0 Å². The second-order valence-electron chi connectivity index (χ2n) is 4.86. The van der Waals surface area contributed by atoms with Gasteiger partial charge in [-0.3, -0.25) is 9.69 Å². The smallest absolute Gasteiger partial charge is 0.325 e. The Hall–Kier alpha value is -1.59. The summed E-state index contributed by atoms with van der Waals surface area (Å²) in [5.41, 5.74) is 0.774. The van der Waals surface area contributed by atoms with E-state index in [4.69, 9.17) is 4.74 Å². The van der Waals surface area contributed by atoms with Crippen LogP contribution in [0, 0.1) is 0 Å². The van der Waals surface area contributed by atoms with Gasteiger partial charge in [0.2, 0.25) is 0 Å². The molecule has 0 aliphatic carbocycles. The molecule has 5 heteroatoms. The highest BCUT2D eigenvalue weighted by Gasteiger charge is 2.29. The quantitative estimate of drug-likeness (QED) is 0.881.